The SMILES string of the molecule is CCCC(C)c1ccc(CC(N)=O)cn1. The van der Waals surface area contributed by atoms with E-state index < -0.39 is 0 Å². The highest BCUT2D eigenvalue weighted by Gasteiger charge is 2.06. The number of rotatable bonds is 5. The summed E-state index contributed by atoms with van der Waals surface area (Å²) in [5.74, 6) is 0.170. The van der Waals surface area contributed by atoms with E-state index >= 15 is 0 Å². The predicted molar refractivity (Wildman–Crippen MR) is 60.5 cm³/mol. The lowest BCUT2D eigenvalue weighted by Crippen LogP contribution is -2.13. The zero-order chi connectivity index (χ0) is 11.3. The molecule has 0 aliphatic heterocycles. The second-order valence-electron chi connectivity index (χ2n) is 3.92. The lowest BCUT2D eigenvalue weighted by Gasteiger charge is -2.09. The number of carbonyl (C=O) groups excluding carboxylic acids is 1. The fourth-order valence-electron chi connectivity index (χ4n) is 1.61. The minimum atomic E-state index is -0.314. The molecule has 0 saturated carbocycles. The third kappa shape index (κ3) is 3.70. The first-order valence-electron chi connectivity index (χ1n) is 5.36. The van der Waals surface area contributed by atoms with Gasteiger partial charge >= 0.3 is 0 Å². The van der Waals surface area contributed by atoms with Crippen molar-refractivity contribution < 1.29 is 4.79 Å². The summed E-state index contributed by atoms with van der Waals surface area (Å²) in [7, 11) is 0. The van der Waals surface area contributed by atoms with Crippen LogP contribution in [0.15, 0.2) is 18.3 Å². The van der Waals surface area contributed by atoms with Gasteiger partial charge in [-0.25, -0.2) is 0 Å². The number of hydrogen-bond donors (Lipinski definition) is 1. The van der Waals surface area contributed by atoms with E-state index in [2.05, 4.69) is 18.8 Å². The molecule has 82 valence electrons. The number of pyridine rings is 1. The summed E-state index contributed by atoms with van der Waals surface area (Å²) in [6, 6.07) is 3.91. The summed E-state index contributed by atoms with van der Waals surface area (Å²) in [5, 5.41) is 0. The third-order valence-corrected chi connectivity index (χ3v) is 2.45. The molecule has 1 atom stereocenters. The van der Waals surface area contributed by atoms with Gasteiger partial charge in [0, 0.05) is 11.9 Å². The molecule has 3 heteroatoms. The molecule has 0 bridgehead atoms. The van der Waals surface area contributed by atoms with E-state index in [1.54, 1.807) is 6.20 Å². The fourth-order valence-corrected chi connectivity index (χ4v) is 1.61. The van der Waals surface area contributed by atoms with E-state index in [1.807, 2.05) is 12.1 Å². The first-order valence-corrected chi connectivity index (χ1v) is 5.36. The summed E-state index contributed by atoms with van der Waals surface area (Å²) >= 11 is 0. The van der Waals surface area contributed by atoms with Gasteiger partial charge in [-0.2, -0.15) is 0 Å². The number of primary amides is 1. The molecule has 1 amide bonds. The number of nitrogens with zero attached hydrogens (tertiary/aromatic N) is 1. The van der Waals surface area contributed by atoms with Crippen molar-refractivity contribution >= 4 is 5.91 Å². The highest BCUT2D eigenvalue weighted by Crippen LogP contribution is 2.18. The minimum absolute atomic E-state index is 0.273. The standard InChI is InChI=1S/C12H18N2O/c1-3-4-9(2)11-6-5-10(8-14-11)7-12(13)15/h5-6,8-9H,3-4,7H2,1-2H3,(H2,13,15). The Morgan fingerprint density at radius 2 is 2.27 bits per heavy atom. The van der Waals surface area contributed by atoms with Crippen LogP contribution in [0.25, 0.3) is 0 Å². The molecule has 2 N–H and O–H groups in total. The van der Waals surface area contributed by atoms with Crippen LogP contribution in [0.5, 0.6) is 0 Å². The van der Waals surface area contributed by atoms with Crippen molar-refractivity contribution in [2.24, 2.45) is 5.73 Å². The van der Waals surface area contributed by atoms with Crippen molar-refractivity contribution in [2.45, 2.75) is 39.0 Å². The normalized spacial score (nSPS) is 12.4. The zero-order valence-corrected chi connectivity index (χ0v) is 9.36. The molecular formula is C12H18N2O. The van der Waals surface area contributed by atoms with Gasteiger partial charge < -0.3 is 5.73 Å². The summed E-state index contributed by atoms with van der Waals surface area (Å²) in [5.41, 5.74) is 7.08. The van der Waals surface area contributed by atoms with Crippen LogP contribution < -0.4 is 5.73 Å². The van der Waals surface area contributed by atoms with Gasteiger partial charge in [0.05, 0.1) is 6.42 Å². The van der Waals surface area contributed by atoms with Crippen molar-refractivity contribution in [3.63, 3.8) is 0 Å². The van der Waals surface area contributed by atoms with Gasteiger partial charge in [-0.05, 0) is 24.0 Å². The Morgan fingerprint density at radius 3 is 2.73 bits per heavy atom. The van der Waals surface area contributed by atoms with E-state index in [9.17, 15) is 4.79 Å². The van der Waals surface area contributed by atoms with Crippen molar-refractivity contribution in [2.75, 3.05) is 0 Å². The molecule has 1 rings (SSSR count). The largest absolute Gasteiger partial charge is 0.369 e. The van der Waals surface area contributed by atoms with Crippen molar-refractivity contribution in [1.82, 2.24) is 4.98 Å². The number of hydrogen-bond acceptors (Lipinski definition) is 2. The second kappa shape index (κ2) is 5.49. The summed E-state index contributed by atoms with van der Waals surface area (Å²) < 4.78 is 0. The topological polar surface area (TPSA) is 56.0 Å². The molecule has 0 radical (unpaired) electrons. The van der Waals surface area contributed by atoms with Gasteiger partial charge in [0.1, 0.15) is 0 Å². The van der Waals surface area contributed by atoms with E-state index in [0.29, 0.717) is 5.92 Å². The minimum Gasteiger partial charge on any atom is -0.369 e. The number of amides is 1. The average molecular weight is 206 g/mol. The van der Waals surface area contributed by atoms with Crippen molar-refractivity contribution in [3.05, 3.63) is 29.6 Å². The van der Waals surface area contributed by atoms with Crippen LogP contribution in [-0.4, -0.2) is 10.9 Å². The molecule has 0 spiro atoms. The Bertz CT molecular complexity index is 319. The number of carbonyl (C=O) groups is 1. The summed E-state index contributed by atoms with van der Waals surface area (Å²) in [6.45, 7) is 4.33. The number of aromatic nitrogens is 1. The lowest BCUT2D eigenvalue weighted by atomic mass is 10.0. The molecule has 0 aromatic carbocycles. The zero-order valence-electron chi connectivity index (χ0n) is 9.36. The van der Waals surface area contributed by atoms with Gasteiger partial charge in [-0.15, -0.1) is 0 Å². The van der Waals surface area contributed by atoms with Crippen LogP contribution in [0.3, 0.4) is 0 Å². The maximum Gasteiger partial charge on any atom is 0.221 e. The first kappa shape index (κ1) is 11.7. The number of nitrogens with two attached hydrogens (primary N) is 1. The molecule has 1 aromatic heterocycles. The molecule has 1 unspecified atom stereocenters. The van der Waals surface area contributed by atoms with Gasteiger partial charge in [-0.1, -0.05) is 26.3 Å². The summed E-state index contributed by atoms with van der Waals surface area (Å²) in [6.07, 6.45) is 4.32. The molecular weight excluding hydrogens is 188 g/mol. The van der Waals surface area contributed by atoms with Crippen molar-refractivity contribution in [1.29, 1.82) is 0 Å². The van der Waals surface area contributed by atoms with Crippen LogP contribution >= 0.6 is 0 Å². The Balaban J connectivity index is 2.67. The molecule has 1 aromatic rings. The average Bonchev–Trinajstić information content (AvgIpc) is 2.18. The Hall–Kier alpha value is -1.38. The maximum absolute atomic E-state index is 10.7. The molecule has 1 heterocycles. The summed E-state index contributed by atoms with van der Waals surface area (Å²) in [4.78, 5) is 15.0. The van der Waals surface area contributed by atoms with Crippen LogP contribution in [0, 0.1) is 0 Å². The monoisotopic (exact) mass is 206 g/mol. The van der Waals surface area contributed by atoms with E-state index in [0.717, 1.165) is 24.1 Å². The Labute approximate surface area is 90.7 Å². The molecule has 0 fully saturated rings. The second-order valence-corrected chi connectivity index (χ2v) is 3.92. The highest BCUT2D eigenvalue weighted by atomic mass is 16.1. The lowest BCUT2D eigenvalue weighted by molar-refractivity contribution is -0.117. The fraction of sp³-hybridized carbons (Fsp3) is 0.500. The van der Waals surface area contributed by atoms with Gasteiger partial charge in [0.2, 0.25) is 5.91 Å². The van der Waals surface area contributed by atoms with Crippen LogP contribution in [0.2, 0.25) is 0 Å². The van der Waals surface area contributed by atoms with Crippen LogP contribution in [0.4, 0.5) is 0 Å². The quantitative estimate of drug-likeness (QED) is 0.801. The molecule has 0 saturated heterocycles. The highest BCUT2D eigenvalue weighted by molar-refractivity contribution is 5.76. The smallest absolute Gasteiger partial charge is 0.221 e. The van der Waals surface area contributed by atoms with Crippen LogP contribution in [-0.2, 0) is 11.2 Å². The molecule has 0 aliphatic rings. The van der Waals surface area contributed by atoms with Gasteiger partial charge in [0.15, 0.2) is 0 Å². The predicted octanol–water partition coefficient (Wildman–Crippen LogP) is 2.01. The Kier molecular flexibility index (Phi) is 4.28. The first-order chi connectivity index (χ1) is 7.13. The maximum atomic E-state index is 10.7. The van der Waals surface area contributed by atoms with E-state index in [1.165, 1.54) is 0 Å². The van der Waals surface area contributed by atoms with Gasteiger partial charge in [-0.3, -0.25) is 9.78 Å². The van der Waals surface area contributed by atoms with E-state index in [-0.39, 0.29) is 12.3 Å². The van der Waals surface area contributed by atoms with Crippen LogP contribution in [0.1, 0.15) is 43.9 Å². The molecule has 15 heavy (non-hydrogen) atoms. The van der Waals surface area contributed by atoms with E-state index in [4.69, 9.17) is 5.73 Å². The third-order valence-electron chi connectivity index (χ3n) is 2.45. The molecule has 3 nitrogen and oxygen atoms in total. The Morgan fingerprint density at radius 1 is 1.53 bits per heavy atom. The van der Waals surface area contributed by atoms with Gasteiger partial charge in [0.25, 0.3) is 0 Å². The molecule has 0 aliphatic carbocycles. The van der Waals surface area contributed by atoms with Crippen molar-refractivity contribution in [3.8, 4) is 0 Å².